The van der Waals surface area contributed by atoms with Crippen molar-refractivity contribution in [3.63, 3.8) is 0 Å². The number of hydrogen-bond donors (Lipinski definition) is 1. The topological polar surface area (TPSA) is 56.2 Å². The zero-order valence-electron chi connectivity index (χ0n) is 6.45. The quantitative estimate of drug-likeness (QED) is 0.739. The van der Waals surface area contributed by atoms with Gasteiger partial charge in [0.2, 0.25) is 0 Å². The smallest absolute Gasteiger partial charge is 0.151 e. The lowest BCUT2D eigenvalue weighted by atomic mass is 10.5. The average Bonchev–Trinajstić information content (AvgIpc) is 2.29. The normalized spacial score (nSPS) is 10.8. The maximum absolute atomic E-state index is 5.68. The van der Waals surface area contributed by atoms with Crippen LogP contribution in [0.1, 0.15) is 5.82 Å². The molecule has 12 heavy (non-hydrogen) atoms. The van der Waals surface area contributed by atoms with Gasteiger partial charge in [0.25, 0.3) is 0 Å². The molecule has 2 heterocycles. The summed E-state index contributed by atoms with van der Waals surface area (Å²) in [4.78, 5) is 4.04. The molecule has 2 aromatic heterocycles. The first kappa shape index (κ1) is 7.54. The zero-order chi connectivity index (χ0) is 8.72. The summed E-state index contributed by atoms with van der Waals surface area (Å²) in [5.41, 5.74) is 6.50. The standard InChI is InChI=1S/C7H7BrN4/c1-4-10-7(9)6-2-5(8)3-12(6)11-4/h2-3H,1H3,(H2,9,10,11). The van der Waals surface area contributed by atoms with Crippen LogP contribution in [0.5, 0.6) is 0 Å². The van der Waals surface area contributed by atoms with Gasteiger partial charge in [-0.25, -0.2) is 9.50 Å². The van der Waals surface area contributed by atoms with Gasteiger partial charge in [-0.15, -0.1) is 0 Å². The SMILES string of the molecule is Cc1nc(N)c2cc(Br)cn2n1. The van der Waals surface area contributed by atoms with Crippen molar-refractivity contribution in [2.45, 2.75) is 6.92 Å². The van der Waals surface area contributed by atoms with Crippen LogP contribution in [0.15, 0.2) is 16.7 Å². The van der Waals surface area contributed by atoms with Crippen LogP contribution in [0.4, 0.5) is 5.82 Å². The number of nitrogens with zero attached hydrogens (tertiary/aromatic N) is 3. The molecule has 0 aliphatic carbocycles. The number of aryl methyl sites for hydroxylation is 1. The van der Waals surface area contributed by atoms with Crippen molar-refractivity contribution in [2.75, 3.05) is 5.73 Å². The van der Waals surface area contributed by atoms with Crippen LogP contribution in [0.25, 0.3) is 5.52 Å². The summed E-state index contributed by atoms with van der Waals surface area (Å²) < 4.78 is 2.66. The predicted octanol–water partition coefficient (Wildman–Crippen LogP) is 1.38. The number of anilines is 1. The number of nitrogen functional groups attached to an aromatic ring is 1. The molecule has 0 saturated heterocycles. The van der Waals surface area contributed by atoms with Crippen molar-refractivity contribution >= 4 is 27.3 Å². The Morgan fingerprint density at radius 3 is 3.08 bits per heavy atom. The Hall–Kier alpha value is -1.10. The fraction of sp³-hybridized carbons (Fsp3) is 0.143. The van der Waals surface area contributed by atoms with E-state index in [0.717, 1.165) is 9.99 Å². The highest BCUT2D eigenvalue weighted by Gasteiger charge is 2.03. The van der Waals surface area contributed by atoms with E-state index < -0.39 is 0 Å². The maximum atomic E-state index is 5.68. The third-order valence-corrected chi connectivity index (χ3v) is 2.00. The van der Waals surface area contributed by atoms with Crippen LogP contribution < -0.4 is 5.73 Å². The van der Waals surface area contributed by atoms with Gasteiger partial charge in [0, 0.05) is 10.7 Å². The van der Waals surface area contributed by atoms with Gasteiger partial charge in [-0.3, -0.25) is 0 Å². The van der Waals surface area contributed by atoms with Gasteiger partial charge in [-0.1, -0.05) is 0 Å². The Morgan fingerprint density at radius 2 is 2.33 bits per heavy atom. The number of hydrogen-bond acceptors (Lipinski definition) is 3. The summed E-state index contributed by atoms with van der Waals surface area (Å²) in [7, 11) is 0. The molecule has 2 rings (SSSR count). The molecule has 0 aliphatic rings. The van der Waals surface area contributed by atoms with E-state index in [9.17, 15) is 0 Å². The van der Waals surface area contributed by atoms with E-state index in [0.29, 0.717) is 11.6 Å². The average molecular weight is 227 g/mol. The Kier molecular flexibility index (Phi) is 1.54. The highest BCUT2D eigenvalue weighted by molar-refractivity contribution is 9.10. The van der Waals surface area contributed by atoms with Crippen LogP contribution in [-0.4, -0.2) is 14.6 Å². The minimum atomic E-state index is 0.508. The highest BCUT2D eigenvalue weighted by atomic mass is 79.9. The molecule has 2 aromatic rings. The Bertz CT molecular complexity index is 434. The minimum absolute atomic E-state index is 0.508. The van der Waals surface area contributed by atoms with E-state index in [1.807, 2.05) is 19.2 Å². The fourth-order valence-corrected chi connectivity index (χ4v) is 1.52. The summed E-state index contributed by atoms with van der Waals surface area (Å²) in [6.45, 7) is 1.81. The van der Waals surface area contributed by atoms with E-state index in [1.54, 1.807) is 4.52 Å². The first-order valence-electron chi connectivity index (χ1n) is 3.45. The number of nitrogens with two attached hydrogens (primary N) is 1. The second kappa shape index (κ2) is 2.45. The first-order chi connectivity index (χ1) is 5.66. The Morgan fingerprint density at radius 1 is 1.58 bits per heavy atom. The predicted molar refractivity (Wildman–Crippen MR) is 49.8 cm³/mol. The molecular weight excluding hydrogens is 220 g/mol. The van der Waals surface area contributed by atoms with E-state index in [1.165, 1.54) is 0 Å². The van der Waals surface area contributed by atoms with Gasteiger partial charge in [-0.2, -0.15) is 5.10 Å². The van der Waals surface area contributed by atoms with E-state index in [2.05, 4.69) is 26.0 Å². The van der Waals surface area contributed by atoms with Gasteiger partial charge in [0.1, 0.15) is 11.3 Å². The third kappa shape index (κ3) is 1.06. The lowest BCUT2D eigenvalue weighted by Crippen LogP contribution is -2.01. The fourth-order valence-electron chi connectivity index (χ4n) is 1.10. The van der Waals surface area contributed by atoms with E-state index in [4.69, 9.17) is 5.73 Å². The minimum Gasteiger partial charge on any atom is -0.382 e. The number of halogens is 1. The lowest BCUT2D eigenvalue weighted by Gasteiger charge is -1.97. The molecule has 0 atom stereocenters. The molecular formula is C7H7BrN4. The van der Waals surface area contributed by atoms with Gasteiger partial charge in [0.15, 0.2) is 5.82 Å². The van der Waals surface area contributed by atoms with Crippen molar-refractivity contribution < 1.29 is 0 Å². The highest BCUT2D eigenvalue weighted by Crippen LogP contribution is 2.17. The van der Waals surface area contributed by atoms with Gasteiger partial charge < -0.3 is 5.73 Å². The van der Waals surface area contributed by atoms with Crippen molar-refractivity contribution in [2.24, 2.45) is 0 Å². The number of rotatable bonds is 0. The Balaban J connectivity index is 2.88. The maximum Gasteiger partial charge on any atom is 0.151 e. The van der Waals surface area contributed by atoms with Crippen molar-refractivity contribution in [3.05, 3.63) is 22.6 Å². The third-order valence-electron chi connectivity index (χ3n) is 1.56. The van der Waals surface area contributed by atoms with E-state index in [-0.39, 0.29) is 0 Å². The summed E-state index contributed by atoms with van der Waals surface area (Å²) in [5.74, 6) is 1.18. The summed E-state index contributed by atoms with van der Waals surface area (Å²) >= 11 is 3.34. The Labute approximate surface area is 77.5 Å². The van der Waals surface area contributed by atoms with Crippen molar-refractivity contribution in [1.29, 1.82) is 0 Å². The van der Waals surface area contributed by atoms with Crippen LogP contribution in [0.2, 0.25) is 0 Å². The van der Waals surface area contributed by atoms with Crippen LogP contribution >= 0.6 is 15.9 Å². The van der Waals surface area contributed by atoms with Crippen molar-refractivity contribution in [3.8, 4) is 0 Å². The molecule has 0 radical (unpaired) electrons. The van der Waals surface area contributed by atoms with Gasteiger partial charge >= 0.3 is 0 Å². The molecule has 0 amide bonds. The molecule has 62 valence electrons. The van der Waals surface area contributed by atoms with Crippen LogP contribution in [-0.2, 0) is 0 Å². The molecule has 0 bridgehead atoms. The molecule has 4 nitrogen and oxygen atoms in total. The molecule has 0 aromatic carbocycles. The first-order valence-corrected chi connectivity index (χ1v) is 4.24. The molecule has 0 aliphatic heterocycles. The molecule has 5 heteroatoms. The molecule has 0 saturated carbocycles. The largest absolute Gasteiger partial charge is 0.382 e. The second-order valence-electron chi connectivity index (χ2n) is 2.53. The molecule has 2 N–H and O–H groups in total. The number of fused-ring (bicyclic) bond motifs is 1. The van der Waals surface area contributed by atoms with Gasteiger partial charge in [-0.05, 0) is 28.9 Å². The summed E-state index contributed by atoms with van der Waals surface area (Å²) in [5, 5.41) is 4.15. The second-order valence-corrected chi connectivity index (χ2v) is 3.45. The molecule has 0 unspecified atom stereocenters. The summed E-state index contributed by atoms with van der Waals surface area (Å²) in [6.07, 6.45) is 1.85. The molecule has 0 fully saturated rings. The van der Waals surface area contributed by atoms with Gasteiger partial charge in [0.05, 0.1) is 0 Å². The lowest BCUT2D eigenvalue weighted by molar-refractivity contribution is 0.860. The zero-order valence-corrected chi connectivity index (χ0v) is 8.04. The van der Waals surface area contributed by atoms with Crippen LogP contribution in [0, 0.1) is 6.92 Å². The molecule has 0 spiro atoms. The van der Waals surface area contributed by atoms with Crippen molar-refractivity contribution in [1.82, 2.24) is 14.6 Å². The van der Waals surface area contributed by atoms with Crippen LogP contribution in [0.3, 0.4) is 0 Å². The van der Waals surface area contributed by atoms with E-state index >= 15 is 0 Å². The number of aromatic nitrogens is 3. The monoisotopic (exact) mass is 226 g/mol. The summed E-state index contributed by atoms with van der Waals surface area (Å²) in [6, 6.07) is 1.88.